The summed E-state index contributed by atoms with van der Waals surface area (Å²) in [6.45, 7) is 2.54. The monoisotopic (exact) mass is 450 g/mol. The minimum absolute atomic E-state index is 0.0427. The number of sulfonamides is 1. The second-order valence-electron chi connectivity index (χ2n) is 6.40. The third-order valence-electron chi connectivity index (χ3n) is 4.45. The van der Waals surface area contributed by atoms with Crippen molar-refractivity contribution in [3.05, 3.63) is 47.4 Å². The van der Waals surface area contributed by atoms with Gasteiger partial charge in [-0.2, -0.15) is 4.31 Å². The van der Waals surface area contributed by atoms with Crippen LogP contribution < -0.4 is 5.32 Å². The lowest BCUT2D eigenvalue weighted by Crippen LogP contribution is -2.28. The molecule has 0 saturated carbocycles. The molecule has 1 aromatic carbocycles. The van der Waals surface area contributed by atoms with E-state index in [4.69, 9.17) is 4.42 Å². The first-order chi connectivity index (χ1) is 13.9. The highest BCUT2D eigenvalue weighted by Crippen LogP contribution is 2.34. The van der Waals surface area contributed by atoms with E-state index in [-0.39, 0.29) is 16.4 Å². The summed E-state index contributed by atoms with van der Waals surface area (Å²) < 4.78 is 33.3. The summed E-state index contributed by atoms with van der Waals surface area (Å²) in [4.78, 5) is 13.6. The van der Waals surface area contributed by atoms with Crippen LogP contribution in [0.5, 0.6) is 0 Å². The highest BCUT2D eigenvalue weighted by Gasteiger charge is 2.31. The van der Waals surface area contributed by atoms with E-state index in [2.05, 4.69) is 15.5 Å². The van der Waals surface area contributed by atoms with Crippen LogP contribution >= 0.6 is 23.1 Å². The number of anilines is 1. The fourth-order valence-corrected chi connectivity index (χ4v) is 6.24. The number of hydrogen-bond acceptors (Lipinski definition) is 8. The van der Waals surface area contributed by atoms with Crippen molar-refractivity contribution in [2.75, 3.05) is 18.4 Å². The van der Waals surface area contributed by atoms with Gasteiger partial charge in [-0.05, 0) is 31.9 Å². The molecule has 1 amide bonds. The lowest BCUT2D eigenvalue weighted by atomic mass is 10.3. The van der Waals surface area contributed by atoms with Crippen LogP contribution in [0.3, 0.4) is 0 Å². The van der Waals surface area contributed by atoms with E-state index in [1.54, 1.807) is 24.6 Å². The van der Waals surface area contributed by atoms with Gasteiger partial charge in [-0.25, -0.2) is 8.42 Å². The van der Waals surface area contributed by atoms with Gasteiger partial charge in [0.2, 0.25) is 10.0 Å². The number of furan rings is 1. The Balaban J connectivity index is 1.56. The molecule has 0 atom stereocenters. The van der Waals surface area contributed by atoms with Crippen molar-refractivity contribution in [1.82, 2.24) is 14.5 Å². The van der Waals surface area contributed by atoms with E-state index in [0.717, 1.165) is 22.1 Å². The summed E-state index contributed by atoms with van der Waals surface area (Å²) in [7, 11) is -3.66. The number of nitrogens with one attached hydrogen (secondary N) is 1. The molecule has 0 bridgehead atoms. The fraction of sp³-hybridized carbons (Fsp3) is 0.278. The topological polar surface area (TPSA) is 105 Å². The maximum atomic E-state index is 12.8. The van der Waals surface area contributed by atoms with Gasteiger partial charge < -0.3 is 9.73 Å². The van der Waals surface area contributed by atoms with Gasteiger partial charge in [0.25, 0.3) is 5.91 Å². The summed E-state index contributed by atoms with van der Waals surface area (Å²) >= 11 is 2.78. The minimum Gasteiger partial charge on any atom is -0.455 e. The summed E-state index contributed by atoms with van der Waals surface area (Å²) in [6.07, 6.45) is 1.68. The molecule has 1 N–H and O–H groups in total. The minimum atomic E-state index is -3.66. The summed E-state index contributed by atoms with van der Waals surface area (Å²) in [6, 6.07) is 8.59. The Hall–Kier alpha value is -2.21. The molecule has 2 aromatic heterocycles. The van der Waals surface area contributed by atoms with Gasteiger partial charge in [0.05, 0.1) is 5.69 Å². The zero-order valence-electron chi connectivity index (χ0n) is 15.5. The van der Waals surface area contributed by atoms with E-state index in [0.29, 0.717) is 18.8 Å². The van der Waals surface area contributed by atoms with E-state index < -0.39 is 15.9 Å². The smallest absolute Gasteiger partial charge is 0.291 e. The average molecular weight is 451 g/mol. The van der Waals surface area contributed by atoms with E-state index in [1.807, 2.05) is 12.1 Å². The molecule has 1 aliphatic heterocycles. The highest BCUT2D eigenvalue weighted by molar-refractivity contribution is 8.01. The normalized spacial score (nSPS) is 14.9. The van der Waals surface area contributed by atoms with Gasteiger partial charge in [-0.1, -0.05) is 35.2 Å². The van der Waals surface area contributed by atoms with Crippen molar-refractivity contribution in [1.29, 1.82) is 0 Å². The predicted octanol–water partition coefficient (Wildman–Crippen LogP) is 3.63. The molecular formula is C18H18N4O4S3. The van der Waals surface area contributed by atoms with E-state index >= 15 is 0 Å². The van der Waals surface area contributed by atoms with Crippen molar-refractivity contribution >= 4 is 44.7 Å². The average Bonchev–Trinajstić information content (AvgIpc) is 3.45. The lowest BCUT2D eigenvalue weighted by Gasteiger charge is -2.14. The van der Waals surface area contributed by atoms with Gasteiger partial charge in [-0.15, -0.1) is 10.2 Å². The summed E-state index contributed by atoms with van der Waals surface area (Å²) in [5.74, 6) is -0.351. The number of hydrogen-bond donors (Lipinski definition) is 1. The molecule has 3 aromatic rings. The first-order valence-electron chi connectivity index (χ1n) is 8.90. The third-order valence-corrected chi connectivity index (χ3v) is 8.31. The van der Waals surface area contributed by atoms with Crippen LogP contribution in [0.2, 0.25) is 0 Å². The zero-order chi connectivity index (χ0) is 20.4. The molecule has 0 aliphatic carbocycles. The van der Waals surface area contributed by atoms with Crippen molar-refractivity contribution in [3.8, 4) is 0 Å². The van der Waals surface area contributed by atoms with Gasteiger partial charge in [0, 0.05) is 24.1 Å². The molecule has 11 heteroatoms. The maximum absolute atomic E-state index is 12.8. The second-order valence-corrected chi connectivity index (χ2v) is 10.4. The number of carbonyl (C=O) groups is 1. The van der Waals surface area contributed by atoms with Crippen LogP contribution in [0, 0.1) is 6.92 Å². The Morgan fingerprint density at radius 2 is 2.03 bits per heavy atom. The van der Waals surface area contributed by atoms with Gasteiger partial charge in [-0.3, -0.25) is 4.79 Å². The fourth-order valence-electron chi connectivity index (χ4n) is 3.05. The van der Waals surface area contributed by atoms with Gasteiger partial charge in [0.15, 0.2) is 10.1 Å². The number of amides is 1. The Labute approximate surface area is 176 Å². The standard InChI is InChI=1S/C18H18N4O4S3/c1-12-16(29(24,25)22-8-4-5-9-22)10-14(26-12)17(23)20-13-6-2-3-7-15(13)28-18-21-19-11-27-18/h2-3,6-7,10-11H,4-5,8-9H2,1H3,(H,20,23). The van der Waals surface area contributed by atoms with Crippen molar-refractivity contribution < 1.29 is 17.6 Å². The van der Waals surface area contributed by atoms with Crippen molar-refractivity contribution in [2.24, 2.45) is 0 Å². The molecule has 1 fully saturated rings. The second kappa shape index (κ2) is 8.27. The summed E-state index contributed by atoms with van der Waals surface area (Å²) in [5, 5.41) is 10.6. The molecule has 0 unspecified atom stereocenters. The predicted molar refractivity (Wildman–Crippen MR) is 110 cm³/mol. The van der Waals surface area contributed by atoms with Gasteiger partial charge >= 0.3 is 0 Å². The van der Waals surface area contributed by atoms with Crippen molar-refractivity contribution in [3.63, 3.8) is 0 Å². The molecule has 0 radical (unpaired) electrons. The van der Waals surface area contributed by atoms with E-state index in [1.165, 1.54) is 33.5 Å². The van der Waals surface area contributed by atoms with Crippen molar-refractivity contribution in [2.45, 2.75) is 33.9 Å². The molecule has 0 spiro atoms. The number of benzene rings is 1. The third kappa shape index (κ3) is 4.22. The molecule has 8 nitrogen and oxygen atoms in total. The Kier molecular flexibility index (Phi) is 5.72. The highest BCUT2D eigenvalue weighted by atomic mass is 32.2. The number of aromatic nitrogens is 2. The Morgan fingerprint density at radius 3 is 2.76 bits per heavy atom. The quantitative estimate of drug-likeness (QED) is 0.611. The number of aryl methyl sites for hydroxylation is 1. The lowest BCUT2D eigenvalue weighted by molar-refractivity contribution is 0.0995. The number of nitrogens with zero attached hydrogens (tertiary/aromatic N) is 3. The van der Waals surface area contributed by atoms with Crippen LogP contribution in [0.15, 0.2) is 54.4 Å². The zero-order valence-corrected chi connectivity index (χ0v) is 17.9. The number of rotatable bonds is 6. The Morgan fingerprint density at radius 1 is 1.28 bits per heavy atom. The van der Waals surface area contributed by atoms with Crippen LogP contribution in [-0.4, -0.2) is 41.9 Å². The number of para-hydroxylation sites is 1. The molecule has 1 aliphatic rings. The van der Waals surface area contributed by atoms with Crippen LogP contribution in [0.25, 0.3) is 0 Å². The maximum Gasteiger partial charge on any atom is 0.291 e. The number of carbonyl (C=O) groups excluding carboxylic acids is 1. The molecule has 152 valence electrons. The van der Waals surface area contributed by atoms with E-state index in [9.17, 15) is 13.2 Å². The molecule has 1 saturated heterocycles. The first-order valence-corrected chi connectivity index (χ1v) is 12.0. The SMILES string of the molecule is Cc1oc(C(=O)Nc2ccccc2Sc2nncs2)cc1S(=O)(=O)N1CCCC1. The Bertz CT molecular complexity index is 1120. The summed E-state index contributed by atoms with van der Waals surface area (Å²) in [5.41, 5.74) is 2.22. The van der Waals surface area contributed by atoms with Gasteiger partial charge in [0.1, 0.15) is 16.2 Å². The molecule has 4 rings (SSSR count). The van der Waals surface area contributed by atoms with Crippen LogP contribution in [0.1, 0.15) is 29.2 Å². The molecular weight excluding hydrogens is 432 g/mol. The molecule has 3 heterocycles. The van der Waals surface area contributed by atoms with Crippen LogP contribution in [-0.2, 0) is 10.0 Å². The first kappa shape index (κ1) is 20.1. The largest absolute Gasteiger partial charge is 0.455 e. The molecule has 29 heavy (non-hydrogen) atoms. The van der Waals surface area contributed by atoms with Crippen LogP contribution in [0.4, 0.5) is 5.69 Å².